The van der Waals surface area contributed by atoms with Gasteiger partial charge in [0.2, 0.25) is 5.88 Å². The van der Waals surface area contributed by atoms with Crippen LogP contribution in [0.4, 0.5) is 0 Å². The zero-order valence-corrected chi connectivity index (χ0v) is 14.1. The van der Waals surface area contributed by atoms with E-state index in [2.05, 4.69) is 9.97 Å². The van der Waals surface area contributed by atoms with Crippen molar-refractivity contribution in [1.29, 1.82) is 0 Å². The maximum absolute atomic E-state index is 12.7. The molecule has 5 nitrogen and oxygen atoms in total. The number of rotatable bonds is 3. The summed E-state index contributed by atoms with van der Waals surface area (Å²) in [4.78, 5) is 23.3. The van der Waals surface area contributed by atoms with E-state index in [0.717, 1.165) is 22.9 Å². The van der Waals surface area contributed by atoms with Crippen molar-refractivity contribution in [2.24, 2.45) is 0 Å². The van der Waals surface area contributed by atoms with Crippen LogP contribution >= 0.6 is 0 Å². The molecule has 126 valence electrons. The van der Waals surface area contributed by atoms with E-state index in [-0.39, 0.29) is 12.0 Å². The Labute approximate surface area is 146 Å². The second-order valence-electron chi connectivity index (χ2n) is 6.34. The Morgan fingerprint density at radius 3 is 2.88 bits per heavy atom. The van der Waals surface area contributed by atoms with Gasteiger partial charge in [-0.2, -0.15) is 0 Å². The monoisotopic (exact) mass is 333 g/mol. The summed E-state index contributed by atoms with van der Waals surface area (Å²) in [5, 5.41) is 1.03. The van der Waals surface area contributed by atoms with Crippen molar-refractivity contribution in [3.63, 3.8) is 0 Å². The fraction of sp³-hybridized carbons (Fsp3) is 0.250. The molecule has 0 N–H and O–H groups in total. The lowest BCUT2D eigenvalue weighted by atomic mass is 10.2. The summed E-state index contributed by atoms with van der Waals surface area (Å²) in [6.45, 7) is 3.22. The largest absolute Gasteiger partial charge is 0.472 e. The molecule has 4 rings (SSSR count). The number of hydrogen-bond acceptors (Lipinski definition) is 4. The molecule has 1 fully saturated rings. The van der Waals surface area contributed by atoms with Gasteiger partial charge in [-0.1, -0.05) is 30.3 Å². The van der Waals surface area contributed by atoms with Crippen LogP contribution in [-0.4, -0.2) is 40.0 Å². The molecule has 0 saturated carbocycles. The van der Waals surface area contributed by atoms with Crippen LogP contribution in [0.15, 0.2) is 54.7 Å². The molecule has 3 heterocycles. The Hall–Kier alpha value is -2.95. The fourth-order valence-electron chi connectivity index (χ4n) is 3.05. The highest BCUT2D eigenvalue weighted by Gasteiger charge is 2.29. The van der Waals surface area contributed by atoms with Crippen LogP contribution in [0.1, 0.15) is 22.5 Å². The van der Waals surface area contributed by atoms with Crippen LogP contribution < -0.4 is 4.74 Å². The molecule has 25 heavy (non-hydrogen) atoms. The van der Waals surface area contributed by atoms with E-state index >= 15 is 0 Å². The van der Waals surface area contributed by atoms with Crippen LogP contribution in [-0.2, 0) is 0 Å². The second-order valence-corrected chi connectivity index (χ2v) is 6.34. The first-order chi connectivity index (χ1) is 12.2. The summed E-state index contributed by atoms with van der Waals surface area (Å²) in [6.07, 6.45) is 2.56. The summed E-state index contributed by atoms with van der Waals surface area (Å²) < 4.78 is 5.89. The molecule has 0 bridgehead atoms. The molecule has 1 aliphatic heterocycles. The van der Waals surface area contributed by atoms with Gasteiger partial charge in [0, 0.05) is 30.6 Å². The molecule has 0 spiro atoms. The minimum Gasteiger partial charge on any atom is -0.472 e. The van der Waals surface area contributed by atoms with Crippen LogP contribution in [0.3, 0.4) is 0 Å². The van der Waals surface area contributed by atoms with Crippen LogP contribution in [0, 0.1) is 6.92 Å². The number of nitrogens with zero attached hydrogens (tertiary/aromatic N) is 3. The van der Waals surface area contributed by atoms with Crippen molar-refractivity contribution in [3.8, 4) is 5.88 Å². The molecule has 5 heteroatoms. The van der Waals surface area contributed by atoms with Gasteiger partial charge >= 0.3 is 0 Å². The summed E-state index contributed by atoms with van der Waals surface area (Å²) >= 11 is 0. The maximum atomic E-state index is 12.7. The van der Waals surface area contributed by atoms with Crippen molar-refractivity contribution in [1.82, 2.24) is 14.9 Å². The van der Waals surface area contributed by atoms with E-state index in [1.165, 1.54) is 0 Å². The number of hydrogen-bond donors (Lipinski definition) is 0. The molecule has 1 aromatic carbocycles. The van der Waals surface area contributed by atoms with Crippen molar-refractivity contribution in [2.75, 3.05) is 13.1 Å². The average Bonchev–Trinajstić information content (AvgIpc) is 3.11. The summed E-state index contributed by atoms with van der Waals surface area (Å²) in [5.74, 6) is 0.558. The number of amides is 1. The highest BCUT2D eigenvalue weighted by Crippen LogP contribution is 2.19. The van der Waals surface area contributed by atoms with Gasteiger partial charge in [0.25, 0.3) is 5.91 Å². The number of para-hydroxylation sites is 1. The van der Waals surface area contributed by atoms with Crippen molar-refractivity contribution in [3.05, 3.63) is 66.0 Å². The lowest BCUT2D eigenvalue weighted by Crippen LogP contribution is -2.31. The molecule has 1 aliphatic rings. The number of pyridine rings is 2. The Kier molecular flexibility index (Phi) is 4.06. The molecule has 1 atom stereocenters. The number of fused-ring (bicyclic) bond motifs is 1. The zero-order valence-electron chi connectivity index (χ0n) is 14.1. The summed E-state index contributed by atoms with van der Waals surface area (Å²) in [6, 6.07) is 15.4. The Balaban J connectivity index is 1.45. The number of aromatic nitrogens is 2. The highest BCUT2D eigenvalue weighted by molar-refractivity contribution is 5.95. The summed E-state index contributed by atoms with van der Waals surface area (Å²) in [7, 11) is 0. The van der Waals surface area contributed by atoms with E-state index in [9.17, 15) is 4.79 Å². The quantitative estimate of drug-likeness (QED) is 0.738. The number of ether oxygens (including phenoxy) is 1. The number of benzene rings is 1. The Morgan fingerprint density at radius 1 is 1.16 bits per heavy atom. The van der Waals surface area contributed by atoms with Crippen LogP contribution in [0.5, 0.6) is 5.88 Å². The third kappa shape index (κ3) is 3.31. The Morgan fingerprint density at radius 2 is 2.04 bits per heavy atom. The molecule has 2 aromatic heterocycles. The lowest BCUT2D eigenvalue weighted by Gasteiger charge is -2.17. The van der Waals surface area contributed by atoms with E-state index in [1.54, 1.807) is 17.2 Å². The fourth-order valence-corrected chi connectivity index (χ4v) is 3.05. The smallest absolute Gasteiger partial charge is 0.272 e. The standard InChI is InChI=1S/C20H19N3O2/c1-14-6-9-19(21-12-14)25-16-10-11-23(13-16)20(24)18-8-7-15-4-2-3-5-17(15)22-18/h2-9,12,16H,10-11,13H2,1H3. The number of aryl methyl sites for hydroxylation is 1. The van der Waals surface area contributed by atoms with E-state index < -0.39 is 0 Å². The van der Waals surface area contributed by atoms with Gasteiger partial charge < -0.3 is 9.64 Å². The number of carbonyl (C=O) groups excluding carboxylic acids is 1. The van der Waals surface area contributed by atoms with Crippen LogP contribution in [0.2, 0.25) is 0 Å². The zero-order chi connectivity index (χ0) is 17.2. The second kappa shape index (κ2) is 6.51. The molecule has 0 aliphatic carbocycles. The SMILES string of the molecule is Cc1ccc(OC2CCN(C(=O)c3ccc4ccccc4n3)C2)nc1. The van der Waals surface area contributed by atoms with E-state index in [0.29, 0.717) is 24.7 Å². The maximum Gasteiger partial charge on any atom is 0.272 e. The Bertz CT molecular complexity index is 908. The number of likely N-dealkylation sites (tertiary alicyclic amines) is 1. The third-order valence-corrected chi connectivity index (χ3v) is 4.42. The topological polar surface area (TPSA) is 55.3 Å². The van der Waals surface area contributed by atoms with Gasteiger partial charge in [-0.3, -0.25) is 4.79 Å². The predicted octanol–water partition coefficient (Wildman–Crippen LogP) is 3.23. The summed E-state index contributed by atoms with van der Waals surface area (Å²) in [5.41, 5.74) is 2.41. The first kappa shape index (κ1) is 15.6. The third-order valence-electron chi connectivity index (χ3n) is 4.42. The highest BCUT2D eigenvalue weighted by atomic mass is 16.5. The van der Waals surface area contributed by atoms with Gasteiger partial charge in [-0.15, -0.1) is 0 Å². The van der Waals surface area contributed by atoms with Gasteiger partial charge in [-0.05, 0) is 24.6 Å². The molecule has 1 unspecified atom stereocenters. The molecule has 0 radical (unpaired) electrons. The van der Waals surface area contributed by atoms with Crippen molar-refractivity contribution >= 4 is 16.8 Å². The molecule has 1 saturated heterocycles. The average molecular weight is 333 g/mol. The van der Waals surface area contributed by atoms with Gasteiger partial charge in [0.05, 0.1) is 12.1 Å². The van der Waals surface area contributed by atoms with Crippen molar-refractivity contribution < 1.29 is 9.53 Å². The molecule has 1 amide bonds. The molecular formula is C20H19N3O2. The lowest BCUT2D eigenvalue weighted by molar-refractivity contribution is 0.0766. The van der Waals surface area contributed by atoms with Gasteiger partial charge in [-0.25, -0.2) is 9.97 Å². The van der Waals surface area contributed by atoms with E-state index in [4.69, 9.17) is 4.74 Å². The normalized spacial score (nSPS) is 17.0. The minimum atomic E-state index is -0.0475. The van der Waals surface area contributed by atoms with Gasteiger partial charge in [0.15, 0.2) is 0 Å². The van der Waals surface area contributed by atoms with E-state index in [1.807, 2.05) is 49.4 Å². The first-order valence-electron chi connectivity index (χ1n) is 8.43. The van der Waals surface area contributed by atoms with Gasteiger partial charge in [0.1, 0.15) is 11.8 Å². The molecular weight excluding hydrogens is 314 g/mol. The van der Waals surface area contributed by atoms with Crippen molar-refractivity contribution in [2.45, 2.75) is 19.4 Å². The first-order valence-corrected chi connectivity index (χ1v) is 8.43. The predicted molar refractivity (Wildman–Crippen MR) is 95.7 cm³/mol. The minimum absolute atomic E-state index is 0.0281. The van der Waals surface area contributed by atoms with Crippen LogP contribution in [0.25, 0.3) is 10.9 Å². The number of carbonyl (C=O) groups is 1. The molecule has 3 aromatic rings.